The zero-order valence-corrected chi connectivity index (χ0v) is 17.2. The third kappa shape index (κ3) is 5.47. The summed E-state index contributed by atoms with van der Waals surface area (Å²) in [6, 6.07) is 4.26. The van der Waals surface area contributed by atoms with Crippen LogP contribution in [0.25, 0.3) is 0 Å². The molecule has 1 heterocycles. The first kappa shape index (κ1) is 20.8. The van der Waals surface area contributed by atoms with E-state index in [1.54, 1.807) is 0 Å². The van der Waals surface area contributed by atoms with E-state index in [1.807, 2.05) is 0 Å². The smallest absolute Gasteiger partial charge is 0.220 e. The molecule has 1 aromatic carbocycles. The molecule has 1 aliphatic heterocycles. The molecule has 1 amide bonds. The van der Waals surface area contributed by atoms with Crippen molar-refractivity contribution in [3.8, 4) is 5.75 Å². The monoisotopic (exact) mass is 361 g/mol. The highest BCUT2D eigenvalue weighted by Gasteiger charge is 2.26. The maximum atomic E-state index is 12.3. The van der Waals surface area contributed by atoms with Gasteiger partial charge in [0, 0.05) is 13.0 Å². The lowest BCUT2D eigenvalue weighted by atomic mass is 9.78. The van der Waals surface area contributed by atoms with Crippen LogP contribution in [0.3, 0.4) is 0 Å². The Morgan fingerprint density at radius 3 is 2.19 bits per heavy atom. The van der Waals surface area contributed by atoms with Gasteiger partial charge >= 0.3 is 0 Å². The molecule has 0 aliphatic carbocycles. The molecule has 1 aromatic rings. The summed E-state index contributed by atoms with van der Waals surface area (Å²) in [5.74, 6) is 0.459. The van der Waals surface area contributed by atoms with Gasteiger partial charge in [0.25, 0.3) is 0 Å². The fraction of sp³-hybridized carbons (Fsp3) is 0.682. The lowest BCUT2D eigenvalue weighted by Crippen LogP contribution is -2.40. The molecule has 4 heteroatoms. The molecule has 26 heavy (non-hydrogen) atoms. The molecule has 1 atom stereocenters. The van der Waals surface area contributed by atoms with Crippen molar-refractivity contribution in [1.82, 2.24) is 5.32 Å². The Morgan fingerprint density at radius 2 is 1.73 bits per heavy atom. The SMILES string of the molecule is CC(C)(C)c1cc(CCC(=O)NC2CCCOC2)cc(C(C)(C)C)c1O. The van der Waals surface area contributed by atoms with Crippen molar-refractivity contribution in [3.63, 3.8) is 0 Å². The van der Waals surface area contributed by atoms with Crippen LogP contribution in [0.5, 0.6) is 5.75 Å². The molecule has 0 aromatic heterocycles. The molecule has 2 rings (SSSR count). The van der Waals surface area contributed by atoms with Gasteiger partial charge in [0.2, 0.25) is 5.91 Å². The number of carbonyl (C=O) groups is 1. The molecule has 0 bridgehead atoms. The summed E-state index contributed by atoms with van der Waals surface area (Å²) in [6.07, 6.45) is 3.13. The minimum absolute atomic E-state index is 0.0724. The molecular formula is C22H35NO3. The number of hydrogen-bond acceptors (Lipinski definition) is 3. The van der Waals surface area contributed by atoms with Crippen molar-refractivity contribution in [2.45, 2.75) is 84.1 Å². The first-order valence-electron chi connectivity index (χ1n) is 9.72. The number of ether oxygens (including phenoxy) is 1. The van der Waals surface area contributed by atoms with Crippen molar-refractivity contribution in [3.05, 3.63) is 28.8 Å². The summed E-state index contributed by atoms with van der Waals surface area (Å²) in [5, 5.41) is 13.9. The second-order valence-electron chi connectivity index (χ2n) is 9.52. The second kappa shape index (κ2) is 7.99. The first-order chi connectivity index (χ1) is 12.0. The van der Waals surface area contributed by atoms with Crippen LogP contribution in [-0.2, 0) is 26.8 Å². The second-order valence-corrected chi connectivity index (χ2v) is 9.52. The number of amides is 1. The van der Waals surface area contributed by atoms with Gasteiger partial charge in [-0.15, -0.1) is 0 Å². The van der Waals surface area contributed by atoms with Crippen molar-refractivity contribution in [2.24, 2.45) is 0 Å². The van der Waals surface area contributed by atoms with Crippen LogP contribution < -0.4 is 5.32 Å². The Kier molecular flexibility index (Phi) is 6.38. The number of hydrogen-bond donors (Lipinski definition) is 2. The Bertz CT molecular complexity index is 597. The van der Waals surface area contributed by atoms with Crippen LogP contribution in [-0.4, -0.2) is 30.3 Å². The maximum absolute atomic E-state index is 12.3. The number of phenols is 1. The van der Waals surface area contributed by atoms with Crippen molar-refractivity contribution < 1.29 is 14.6 Å². The molecule has 4 nitrogen and oxygen atoms in total. The lowest BCUT2D eigenvalue weighted by molar-refractivity contribution is -0.122. The first-order valence-corrected chi connectivity index (χ1v) is 9.72. The standard InChI is InChI=1S/C22H35NO3/c1-21(2,3)17-12-15(13-18(20(17)25)22(4,5)6)9-10-19(24)23-16-8-7-11-26-14-16/h12-13,16,25H,7-11,14H2,1-6H3,(H,23,24). The predicted octanol–water partition coefficient (Wildman–Crippen LogP) is 4.22. The number of aromatic hydroxyl groups is 1. The highest BCUT2D eigenvalue weighted by atomic mass is 16.5. The van der Waals surface area contributed by atoms with Crippen LogP contribution in [0, 0.1) is 0 Å². The largest absolute Gasteiger partial charge is 0.507 e. The molecule has 146 valence electrons. The summed E-state index contributed by atoms with van der Waals surface area (Å²) < 4.78 is 5.42. The lowest BCUT2D eigenvalue weighted by Gasteiger charge is -2.28. The molecule has 1 saturated heterocycles. The molecule has 0 saturated carbocycles. The Balaban J connectivity index is 2.14. The summed E-state index contributed by atoms with van der Waals surface area (Å²) in [7, 11) is 0. The van der Waals surface area contributed by atoms with Gasteiger partial charge < -0.3 is 15.2 Å². The van der Waals surface area contributed by atoms with Crippen LogP contribution >= 0.6 is 0 Å². The molecular weight excluding hydrogens is 326 g/mol. The summed E-state index contributed by atoms with van der Waals surface area (Å²) in [5.41, 5.74) is 2.69. The third-order valence-electron chi connectivity index (χ3n) is 4.95. The van der Waals surface area contributed by atoms with E-state index in [0.717, 1.165) is 36.1 Å². The molecule has 1 unspecified atom stereocenters. The summed E-state index contributed by atoms with van der Waals surface area (Å²) in [4.78, 5) is 12.3. The van der Waals surface area contributed by atoms with Crippen LogP contribution in [0.2, 0.25) is 0 Å². The zero-order chi connectivity index (χ0) is 19.5. The van der Waals surface area contributed by atoms with Gasteiger partial charge in [-0.1, -0.05) is 53.7 Å². The van der Waals surface area contributed by atoms with Crippen molar-refractivity contribution in [1.29, 1.82) is 0 Å². The summed E-state index contributed by atoms with van der Waals surface area (Å²) >= 11 is 0. The quantitative estimate of drug-likeness (QED) is 0.844. The summed E-state index contributed by atoms with van der Waals surface area (Å²) in [6.45, 7) is 14.0. The number of carbonyl (C=O) groups excluding carboxylic acids is 1. The number of aryl methyl sites for hydroxylation is 1. The Labute approximate surface area is 158 Å². The van der Waals surface area contributed by atoms with Gasteiger partial charge in [-0.05, 0) is 46.8 Å². The Morgan fingerprint density at radius 1 is 1.15 bits per heavy atom. The molecule has 1 fully saturated rings. The fourth-order valence-electron chi connectivity index (χ4n) is 3.39. The number of nitrogens with one attached hydrogen (secondary N) is 1. The topological polar surface area (TPSA) is 58.6 Å². The minimum atomic E-state index is -0.151. The van der Waals surface area contributed by atoms with Gasteiger partial charge in [-0.25, -0.2) is 0 Å². The van der Waals surface area contributed by atoms with E-state index < -0.39 is 0 Å². The molecule has 2 N–H and O–H groups in total. The van der Waals surface area contributed by atoms with Gasteiger partial charge in [-0.2, -0.15) is 0 Å². The van der Waals surface area contributed by atoms with Crippen LogP contribution in [0.1, 0.15) is 77.5 Å². The van der Waals surface area contributed by atoms with E-state index in [4.69, 9.17) is 4.74 Å². The molecule has 0 radical (unpaired) electrons. The highest BCUT2D eigenvalue weighted by Crippen LogP contribution is 2.39. The van der Waals surface area contributed by atoms with Crippen LogP contribution in [0.15, 0.2) is 12.1 Å². The predicted molar refractivity (Wildman–Crippen MR) is 106 cm³/mol. The van der Waals surface area contributed by atoms with Gasteiger partial charge in [-0.3, -0.25) is 4.79 Å². The van der Waals surface area contributed by atoms with E-state index in [-0.39, 0.29) is 22.8 Å². The van der Waals surface area contributed by atoms with Crippen molar-refractivity contribution in [2.75, 3.05) is 13.2 Å². The highest BCUT2D eigenvalue weighted by molar-refractivity contribution is 5.76. The van der Waals surface area contributed by atoms with E-state index in [9.17, 15) is 9.90 Å². The van der Waals surface area contributed by atoms with Gasteiger partial charge in [0.1, 0.15) is 5.75 Å². The van der Waals surface area contributed by atoms with Crippen molar-refractivity contribution >= 4 is 5.91 Å². The molecule has 0 spiro atoms. The van der Waals surface area contributed by atoms with E-state index >= 15 is 0 Å². The number of rotatable bonds is 4. The minimum Gasteiger partial charge on any atom is -0.507 e. The average molecular weight is 362 g/mol. The van der Waals surface area contributed by atoms with E-state index in [1.165, 1.54) is 0 Å². The zero-order valence-electron chi connectivity index (χ0n) is 17.2. The molecule has 1 aliphatic rings. The van der Waals surface area contributed by atoms with Gasteiger partial charge in [0.05, 0.1) is 12.6 Å². The number of benzene rings is 1. The number of phenolic OH excluding ortho intramolecular Hbond substituents is 1. The van der Waals surface area contributed by atoms with Gasteiger partial charge in [0.15, 0.2) is 0 Å². The van der Waals surface area contributed by atoms with Crippen LogP contribution in [0.4, 0.5) is 0 Å². The maximum Gasteiger partial charge on any atom is 0.220 e. The van der Waals surface area contributed by atoms with E-state index in [0.29, 0.717) is 25.2 Å². The average Bonchev–Trinajstić information content (AvgIpc) is 2.52. The normalized spacial score (nSPS) is 18.6. The third-order valence-corrected chi connectivity index (χ3v) is 4.95. The van der Waals surface area contributed by atoms with E-state index in [2.05, 4.69) is 59.0 Å². The fourth-order valence-corrected chi connectivity index (χ4v) is 3.39. The Hall–Kier alpha value is -1.55.